The molecule has 152 valence electrons. The lowest BCUT2D eigenvalue weighted by Gasteiger charge is -2.07. The van der Waals surface area contributed by atoms with Crippen LogP contribution in [-0.4, -0.2) is 36.2 Å². The second-order valence-electron chi connectivity index (χ2n) is 6.86. The number of nitrogens with zero attached hydrogens (tertiary/aromatic N) is 5. The summed E-state index contributed by atoms with van der Waals surface area (Å²) in [6.45, 7) is 3.84. The number of hydrogen-bond acceptors (Lipinski definition) is 5. The Labute approximate surface area is 179 Å². The van der Waals surface area contributed by atoms with Crippen LogP contribution in [0.3, 0.4) is 0 Å². The molecule has 2 aromatic carbocycles. The van der Waals surface area contributed by atoms with Crippen LogP contribution in [0.25, 0.3) is 17.1 Å². The molecule has 0 saturated heterocycles. The standard InChI is InChI=1S/C22H22N6OS/c1-15-20(16(2)28(26-15)18-12-8-5-9-13-18)23-19(29)14-30-22-25-24-21(27(22)3)17-10-6-4-7-11-17/h4-13H,14H2,1-3H3,(H,23,29). The van der Waals surface area contributed by atoms with Gasteiger partial charge in [0.15, 0.2) is 11.0 Å². The molecule has 30 heavy (non-hydrogen) atoms. The number of aromatic nitrogens is 5. The predicted molar refractivity (Wildman–Crippen MR) is 119 cm³/mol. The van der Waals surface area contributed by atoms with Crippen molar-refractivity contribution >= 4 is 23.4 Å². The Bertz CT molecular complexity index is 1170. The minimum atomic E-state index is -0.108. The molecular formula is C22H22N6OS. The van der Waals surface area contributed by atoms with Crippen molar-refractivity contribution in [1.82, 2.24) is 24.5 Å². The van der Waals surface area contributed by atoms with Crippen molar-refractivity contribution < 1.29 is 4.79 Å². The molecule has 4 rings (SSSR count). The highest BCUT2D eigenvalue weighted by atomic mass is 32.2. The molecule has 0 atom stereocenters. The first-order valence-corrected chi connectivity index (χ1v) is 10.5. The third-order valence-corrected chi connectivity index (χ3v) is 5.78. The first-order chi connectivity index (χ1) is 14.5. The lowest BCUT2D eigenvalue weighted by Crippen LogP contribution is -2.15. The van der Waals surface area contributed by atoms with Gasteiger partial charge in [-0.2, -0.15) is 5.10 Å². The summed E-state index contributed by atoms with van der Waals surface area (Å²) < 4.78 is 3.74. The molecule has 1 amide bonds. The van der Waals surface area contributed by atoms with Gasteiger partial charge < -0.3 is 9.88 Å². The topological polar surface area (TPSA) is 77.6 Å². The molecule has 1 N–H and O–H groups in total. The number of amides is 1. The number of nitrogens with one attached hydrogen (secondary N) is 1. The van der Waals surface area contributed by atoms with Crippen molar-refractivity contribution in [2.45, 2.75) is 19.0 Å². The Hall–Kier alpha value is -3.39. The second-order valence-corrected chi connectivity index (χ2v) is 7.80. The van der Waals surface area contributed by atoms with Crippen LogP contribution in [0.4, 0.5) is 5.69 Å². The number of thioether (sulfide) groups is 1. The zero-order chi connectivity index (χ0) is 21.1. The predicted octanol–water partition coefficient (Wildman–Crippen LogP) is 4.02. The molecule has 0 aliphatic heterocycles. The van der Waals surface area contributed by atoms with Gasteiger partial charge in [0.2, 0.25) is 5.91 Å². The van der Waals surface area contributed by atoms with Gasteiger partial charge >= 0.3 is 0 Å². The first-order valence-electron chi connectivity index (χ1n) is 9.53. The molecule has 2 heterocycles. The summed E-state index contributed by atoms with van der Waals surface area (Å²) >= 11 is 1.35. The van der Waals surface area contributed by atoms with Crippen molar-refractivity contribution in [1.29, 1.82) is 0 Å². The van der Waals surface area contributed by atoms with Crippen LogP contribution in [0, 0.1) is 13.8 Å². The molecular weight excluding hydrogens is 396 g/mol. The fourth-order valence-electron chi connectivity index (χ4n) is 3.23. The van der Waals surface area contributed by atoms with Gasteiger partial charge in [0, 0.05) is 12.6 Å². The summed E-state index contributed by atoms with van der Waals surface area (Å²) in [5.74, 6) is 0.897. The van der Waals surface area contributed by atoms with Gasteiger partial charge in [0.25, 0.3) is 0 Å². The molecule has 4 aromatic rings. The molecule has 7 nitrogen and oxygen atoms in total. The van der Waals surface area contributed by atoms with Crippen molar-refractivity contribution in [3.8, 4) is 17.1 Å². The van der Waals surface area contributed by atoms with Crippen LogP contribution in [0.2, 0.25) is 0 Å². The fraction of sp³-hybridized carbons (Fsp3) is 0.182. The molecule has 0 unspecified atom stereocenters. The van der Waals surface area contributed by atoms with Crippen LogP contribution in [0.5, 0.6) is 0 Å². The third-order valence-electron chi connectivity index (χ3n) is 4.76. The van der Waals surface area contributed by atoms with Gasteiger partial charge in [0.1, 0.15) is 0 Å². The molecule has 8 heteroatoms. The molecule has 0 spiro atoms. The van der Waals surface area contributed by atoms with Crippen LogP contribution in [0.1, 0.15) is 11.4 Å². The minimum absolute atomic E-state index is 0.108. The molecule has 0 aliphatic carbocycles. The number of aryl methyl sites for hydroxylation is 1. The van der Waals surface area contributed by atoms with Gasteiger partial charge in [-0.05, 0) is 26.0 Å². The molecule has 0 aliphatic rings. The molecule has 0 radical (unpaired) electrons. The van der Waals surface area contributed by atoms with E-state index < -0.39 is 0 Å². The van der Waals surface area contributed by atoms with Crippen LogP contribution < -0.4 is 5.32 Å². The number of benzene rings is 2. The van der Waals surface area contributed by atoms with Gasteiger partial charge in [-0.1, -0.05) is 60.3 Å². The number of para-hydroxylation sites is 1. The van der Waals surface area contributed by atoms with Crippen LogP contribution in [0.15, 0.2) is 65.8 Å². The van der Waals surface area contributed by atoms with Crippen LogP contribution in [-0.2, 0) is 11.8 Å². The van der Waals surface area contributed by atoms with E-state index in [-0.39, 0.29) is 11.7 Å². The van der Waals surface area contributed by atoms with E-state index in [1.54, 1.807) is 0 Å². The highest BCUT2D eigenvalue weighted by molar-refractivity contribution is 7.99. The number of hydrogen-bond donors (Lipinski definition) is 1. The third kappa shape index (κ3) is 3.99. The van der Waals surface area contributed by atoms with Crippen molar-refractivity contribution in [3.05, 3.63) is 72.1 Å². The van der Waals surface area contributed by atoms with Gasteiger partial charge in [0.05, 0.1) is 28.5 Å². The SMILES string of the molecule is Cc1nn(-c2ccccc2)c(C)c1NC(=O)CSc1nnc(-c2ccccc2)n1C. The van der Waals surface area contributed by atoms with E-state index >= 15 is 0 Å². The van der Waals surface area contributed by atoms with E-state index in [0.717, 1.165) is 34.2 Å². The highest BCUT2D eigenvalue weighted by Crippen LogP contribution is 2.25. The summed E-state index contributed by atoms with van der Waals surface area (Å²) in [5, 5.41) is 16.7. The normalized spacial score (nSPS) is 10.9. The summed E-state index contributed by atoms with van der Waals surface area (Å²) in [7, 11) is 1.90. The Morgan fingerprint density at radius 3 is 2.37 bits per heavy atom. The first kappa shape index (κ1) is 19.9. The zero-order valence-electron chi connectivity index (χ0n) is 17.0. The van der Waals surface area contributed by atoms with Gasteiger partial charge in [-0.25, -0.2) is 4.68 Å². The zero-order valence-corrected chi connectivity index (χ0v) is 17.8. The quantitative estimate of drug-likeness (QED) is 0.479. The largest absolute Gasteiger partial charge is 0.322 e. The fourth-order valence-corrected chi connectivity index (χ4v) is 3.94. The molecule has 2 aromatic heterocycles. The van der Waals surface area contributed by atoms with Gasteiger partial charge in [-0.3, -0.25) is 4.79 Å². The number of carbonyl (C=O) groups excluding carboxylic acids is 1. The van der Waals surface area contributed by atoms with Crippen LogP contribution >= 0.6 is 11.8 Å². The van der Waals surface area contributed by atoms with E-state index in [9.17, 15) is 4.79 Å². The van der Waals surface area contributed by atoms with E-state index in [0.29, 0.717) is 5.16 Å². The Kier molecular flexibility index (Phi) is 5.67. The van der Waals surface area contributed by atoms with E-state index in [2.05, 4.69) is 20.6 Å². The van der Waals surface area contributed by atoms with Crippen molar-refractivity contribution in [3.63, 3.8) is 0 Å². The van der Waals surface area contributed by atoms with E-state index in [4.69, 9.17) is 0 Å². The van der Waals surface area contributed by atoms with E-state index in [1.807, 2.05) is 90.8 Å². The number of rotatable bonds is 6. The lowest BCUT2D eigenvalue weighted by atomic mass is 10.2. The lowest BCUT2D eigenvalue weighted by molar-refractivity contribution is -0.113. The van der Waals surface area contributed by atoms with Gasteiger partial charge in [-0.15, -0.1) is 10.2 Å². The Balaban J connectivity index is 1.44. The summed E-state index contributed by atoms with van der Waals surface area (Å²) in [5.41, 5.74) is 4.36. The molecule has 0 fully saturated rings. The maximum atomic E-state index is 12.6. The molecule has 0 bridgehead atoms. The Morgan fingerprint density at radius 2 is 1.67 bits per heavy atom. The smallest absolute Gasteiger partial charge is 0.234 e. The summed E-state index contributed by atoms with van der Waals surface area (Å²) in [4.78, 5) is 12.6. The second kappa shape index (κ2) is 8.54. The monoisotopic (exact) mass is 418 g/mol. The maximum absolute atomic E-state index is 12.6. The number of carbonyl (C=O) groups is 1. The number of anilines is 1. The summed E-state index contributed by atoms with van der Waals surface area (Å²) in [6, 6.07) is 19.7. The van der Waals surface area contributed by atoms with E-state index in [1.165, 1.54) is 11.8 Å². The maximum Gasteiger partial charge on any atom is 0.234 e. The summed E-state index contributed by atoms with van der Waals surface area (Å²) in [6.07, 6.45) is 0. The average Bonchev–Trinajstić information content (AvgIpc) is 3.27. The Morgan fingerprint density at radius 1 is 1.00 bits per heavy atom. The van der Waals surface area contributed by atoms with Crippen molar-refractivity contribution in [2.75, 3.05) is 11.1 Å². The average molecular weight is 419 g/mol. The molecule has 0 saturated carbocycles. The highest BCUT2D eigenvalue weighted by Gasteiger charge is 2.17. The minimum Gasteiger partial charge on any atom is -0.322 e. The van der Waals surface area contributed by atoms with Crippen molar-refractivity contribution in [2.24, 2.45) is 7.05 Å².